The zero-order valence-corrected chi connectivity index (χ0v) is 14.0. The Morgan fingerprint density at radius 1 is 1.20 bits per heavy atom. The number of benzene rings is 2. The largest absolute Gasteiger partial charge is 0.358 e. The predicted octanol–water partition coefficient (Wildman–Crippen LogP) is 4.86. The monoisotopic (exact) mass is 355 g/mol. The molecule has 0 spiro atoms. The van der Waals surface area contributed by atoms with Crippen LogP contribution in [0.1, 0.15) is 21.6 Å². The zero-order chi connectivity index (χ0) is 18.0. The fraction of sp³-hybridized carbons (Fsp3) is 0.0556. The van der Waals surface area contributed by atoms with Crippen molar-refractivity contribution >= 4 is 34.4 Å². The Balaban J connectivity index is 1.90. The maximum Gasteiger partial charge on any atom is 0.292 e. The first kappa shape index (κ1) is 16.7. The van der Waals surface area contributed by atoms with E-state index in [1.54, 1.807) is 42.6 Å². The Labute approximate surface area is 148 Å². The Hall–Kier alpha value is -3.12. The van der Waals surface area contributed by atoms with Crippen molar-refractivity contribution in [3.63, 3.8) is 0 Å². The van der Waals surface area contributed by atoms with Crippen LogP contribution in [0.2, 0.25) is 5.02 Å². The summed E-state index contributed by atoms with van der Waals surface area (Å²) in [6, 6.07) is 13.0. The highest BCUT2D eigenvalue weighted by Gasteiger charge is 2.17. The lowest BCUT2D eigenvalue weighted by Crippen LogP contribution is -2.05. The van der Waals surface area contributed by atoms with Crippen molar-refractivity contribution in [3.05, 3.63) is 86.7 Å². The van der Waals surface area contributed by atoms with Crippen molar-refractivity contribution in [2.45, 2.75) is 6.92 Å². The summed E-state index contributed by atoms with van der Waals surface area (Å²) in [5.41, 5.74) is 2.55. The molecule has 2 aromatic carbocycles. The molecule has 0 saturated carbocycles. The lowest BCUT2D eigenvalue weighted by molar-refractivity contribution is -0.383. The molecular formula is C18H14ClN3O3. The van der Waals surface area contributed by atoms with Gasteiger partial charge in [-0.15, -0.1) is 0 Å². The molecule has 1 heterocycles. The summed E-state index contributed by atoms with van der Waals surface area (Å²) in [5, 5.41) is 14.3. The quantitative estimate of drug-likeness (QED) is 0.388. The van der Waals surface area contributed by atoms with Crippen LogP contribution in [0.4, 0.5) is 17.1 Å². The van der Waals surface area contributed by atoms with E-state index >= 15 is 0 Å². The minimum Gasteiger partial charge on any atom is -0.358 e. The number of hydrogen-bond donors (Lipinski definition) is 2. The average Bonchev–Trinajstić information content (AvgIpc) is 3.01. The van der Waals surface area contributed by atoms with E-state index < -0.39 is 4.92 Å². The number of hydrogen-bond acceptors (Lipinski definition) is 4. The van der Waals surface area contributed by atoms with Gasteiger partial charge in [-0.2, -0.15) is 0 Å². The standard InChI is InChI=1S/C18H14ClN3O3/c1-11-8-9-20-17(11)18(23)13-7-6-12(10-14(13)19)21-15-4-2-3-5-16(15)22(24)25/h2-10,20-21H,1H3. The first-order valence-electron chi connectivity index (χ1n) is 7.46. The number of ketones is 1. The maximum absolute atomic E-state index is 12.5. The van der Waals surface area contributed by atoms with Gasteiger partial charge in [0.25, 0.3) is 5.69 Å². The molecular weight excluding hydrogens is 342 g/mol. The summed E-state index contributed by atoms with van der Waals surface area (Å²) in [6.07, 6.45) is 1.70. The van der Waals surface area contributed by atoms with Crippen molar-refractivity contribution in [3.8, 4) is 0 Å². The van der Waals surface area contributed by atoms with Crippen LogP contribution in [0.5, 0.6) is 0 Å². The van der Waals surface area contributed by atoms with Gasteiger partial charge in [0.2, 0.25) is 5.78 Å². The van der Waals surface area contributed by atoms with Gasteiger partial charge < -0.3 is 10.3 Å². The predicted molar refractivity (Wildman–Crippen MR) is 96.8 cm³/mol. The first-order chi connectivity index (χ1) is 12.0. The van der Waals surface area contributed by atoms with E-state index in [4.69, 9.17) is 11.6 Å². The van der Waals surface area contributed by atoms with Crippen LogP contribution in [-0.4, -0.2) is 15.7 Å². The summed E-state index contributed by atoms with van der Waals surface area (Å²) in [4.78, 5) is 26.1. The van der Waals surface area contributed by atoms with Crippen molar-refractivity contribution in [1.82, 2.24) is 4.98 Å². The van der Waals surface area contributed by atoms with Gasteiger partial charge in [-0.25, -0.2) is 0 Å². The number of carbonyl (C=O) groups is 1. The molecule has 0 unspecified atom stereocenters. The normalized spacial score (nSPS) is 10.5. The second-order valence-corrected chi connectivity index (χ2v) is 5.87. The number of aromatic nitrogens is 1. The summed E-state index contributed by atoms with van der Waals surface area (Å²) >= 11 is 6.25. The SMILES string of the molecule is Cc1cc[nH]c1C(=O)c1ccc(Nc2ccccc2[N+](=O)[O-])cc1Cl. The van der Waals surface area contributed by atoms with Crippen molar-refractivity contribution in [2.75, 3.05) is 5.32 Å². The number of aromatic amines is 1. The fourth-order valence-corrected chi connectivity index (χ4v) is 2.76. The van der Waals surface area contributed by atoms with E-state index in [9.17, 15) is 14.9 Å². The molecule has 0 aliphatic rings. The number of carbonyl (C=O) groups excluding carboxylic acids is 1. The van der Waals surface area contributed by atoms with Crippen LogP contribution in [0.25, 0.3) is 0 Å². The van der Waals surface area contributed by atoms with E-state index in [1.165, 1.54) is 6.07 Å². The second-order valence-electron chi connectivity index (χ2n) is 5.46. The molecule has 0 bridgehead atoms. The number of nitro groups is 1. The zero-order valence-electron chi connectivity index (χ0n) is 13.2. The Kier molecular flexibility index (Phi) is 4.54. The van der Waals surface area contributed by atoms with E-state index in [1.807, 2.05) is 13.0 Å². The van der Waals surface area contributed by atoms with Gasteiger partial charge >= 0.3 is 0 Å². The van der Waals surface area contributed by atoms with E-state index in [0.29, 0.717) is 22.6 Å². The van der Waals surface area contributed by atoms with Crippen LogP contribution in [0.3, 0.4) is 0 Å². The molecule has 2 N–H and O–H groups in total. The minimum atomic E-state index is -0.462. The lowest BCUT2D eigenvalue weighted by atomic mass is 10.1. The molecule has 25 heavy (non-hydrogen) atoms. The van der Waals surface area contributed by atoms with Crippen molar-refractivity contribution in [2.24, 2.45) is 0 Å². The van der Waals surface area contributed by atoms with Gasteiger partial charge in [0.05, 0.1) is 15.6 Å². The molecule has 0 atom stereocenters. The molecule has 0 radical (unpaired) electrons. The van der Waals surface area contributed by atoms with Gasteiger partial charge in [-0.1, -0.05) is 23.7 Å². The topological polar surface area (TPSA) is 88.0 Å². The number of nitro benzene ring substituents is 1. The number of aryl methyl sites for hydroxylation is 1. The molecule has 0 aliphatic carbocycles. The molecule has 3 aromatic rings. The Morgan fingerprint density at radius 2 is 1.96 bits per heavy atom. The van der Waals surface area contributed by atoms with Crippen LogP contribution in [0, 0.1) is 17.0 Å². The molecule has 1 aromatic heterocycles. The van der Waals surface area contributed by atoms with Gasteiger partial charge in [0.1, 0.15) is 5.69 Å². The number of para-hydroxylation sites is 2. The lowest BCUT2D eigenvalue weighted by Gasteiger charge is -2.09. The third kappa shape index (κ3) is 3.39. The third-order valence-electron chi connectivity index (χ3n) is 3.78. The highest BCUT2D eigenvalue weighted by Crippen LogP contribution is 2.30. The fourth-order valence-electron chi connectivity index (χ4n) is 2.50. The molecule has 126 valence electrons. The first-order valence-corrected chi connectivity index (χ1v) is 7.84. The highest BCUT2D eigenvalue weighted by molar-refractivity contribution is 6.35. The van der Waals surface area contributed by atoms with Crippen molar-refractivity contribution in [1.29, 1.82) is 0 Å². The molecule has 7 heteroatoms. The minimum absolute atomic E-state index is 0.0409. The van der Waals surface area contributed by atoms with Crippen LogP contribution < -0.4 is 5.32 Å². The second kappa shape index (κ2) is 6.78. The number of H-pyrrole nitrogens is 1. The summed E-state index contributed by atoms with van der Waals surface area (Å²) in [5.74, 6) is -0.204. The molecule has 0 saturated heterocycles. The summed E-state index contributed by atoms with van der Waals surface area (Å²) in [6.45, 7) is 1.84. The molecule has 6 nitrogen and oxygen atoms in total. The van der Waals surface area contributed by atoms with Crippen LogP contribution >= 0.6 is 11.6 Å². The summed E-state index contributed by atoms with van der Waals surface area (Å²) in [7, 11) is 0. The third-order valence-corrected chi connectivity index (χ3v) is 4.09. The van der Waals surface area contributed by atoms with Crippen molar-refractivity contribution < 1.29 is 9.72 Å². The molecule has 0 aliphatic heterocycles. The number of halogens is 1. The number of rotatable bonds is 5. The highest BCUT2D eigenvalue weighted by atomic mass is 35.5. The molecule has 0 fully saturated rings. The number of nitrogens with one attached hydrogen (secondary N) is 2. The van der Waals surface area contributed by atoms with Gasteiger partial charge in [-0.05, 0) is 42.8 Å². The van der Waals surface area contributed by atoms with E-state index in [-0.39, 0.29) is 16.5 Å². The van der Waals surface area contributed by atoms with Gasteiger partial charge in [0.15, 0.2) is 0 Å². The van der Waals surface area contributed by atoms with Crippen LogP contribution in [0.15, 0.2) is 54.7 Å². The van der Waals surface area contributed by atoms with Gasteiger partial charge in [-0.3, -0.25) is 14.9 Å². The van der Waals surface area contributed by atoms with Gasteiger partial charge in [0, 0.05) is 23.5 Å². The number of anilines is 2. The Morgan fingerprint density at radius 3 is 2.60 bits per heavy atom. The molecule has 3 rings (SSSR count). The maximum atomic E-state index is 12.5. The van der Waals surface area contributed by atoms with E-state index in [0.717, 1.165) is 5.56 Å². The van der Waals surface area contributed by atoms with E-state index in [2.05, 4.69) is 10.3 Å². The smallest absolute Gasteiger partial charge is 0.292 e. The summed E-state index contributed by atoms with van der Waals surface area (Å²) < 4.78 is 0. The molecule has 0 amide bonds. The Bertz CT molecular complexity index is 966. The number of nitrogens with zero attached hydrogens (tertiary/aromatic N) is 1. The van der Waals surface area contributed by atoms with Crippen LogP contribution in [-0.2, 0) is 0 Å². The average molecular weight is 356 g/mol.